The Bertz CT molecular complexity index is 1020. The number of ether oxygens (including phenoxy) is 1. The molecule has 32 heavy (non-hydrogen) atoms. The van der Waals surface area contributed by atoms with Crippen LogP contribution in [0, 0.1) is 0 Å². The number of amides is 1. The molecule has 0 unspecified atom stereocenters. The third kappa shape index (κ3) is 5.03. The zero-order valence-electron chi connectivity index (χ0n) is 18.1. The molecule has 1 aliphatic heterocycles. The Morgan fingerprint density at radius 3 is 2.75 bits per heavy atom. The number of halogens is 1. The first-order valence-electron chi connectivity index (χ1n) is 9.94. The zero-order valence-corrected chi connectivity index (χ0v) is 19.7. The molecule has 174 valence electrons. The van der Waals surface area contributed by atoms with Crippen LogP contribution in [0.3, 0.4) is 0 Å². The molecule has 11 nitrogen and oxygen atoms in total. The summed E-state index contributed by atoms with van der Waals surface area (Å²) in [5.41, 5.74) is 1.06. The first-order chi connectivity index (χ1) is 15.3. The number of rotatable bonds is 8. The summed E-state index contributed by atoms with van der Waals surface area (Å²) in [5.74, 6) is -1.34. The average Bonchev–Trinajstić information content (AvgIpc) is 3.38. The van der Waals surface area contributed by atoms with Crippen molar-refractivity contribution in [1.29, 1.82) is 0 Å². The van der Waals surface area contributed by atoms with Crippen LogP contribution < -0.4 is 10.2 Å². The highest BCUT2D eigenvalue weighted by atomic mass is 35.5. The quantitative estimate of drug-likeness (QED) is 0.382. The molecule has 0 spiro atoms. The summed E-state index contributed by atoms with van der Waals surface area (Å²) in [6.45, 7) is 4.56. The molecule has 3 rings (SSSR count). The van der Waals surface area contributed by atoms with E-state index in [1.165, 1.54) is 18.4 Å². The molecule has 13 heteroatoms. The number of aromatic carboxylic acids is 1. The Balaban J connectivity index is 1.74. The molecule has 2 atom stereocenters. The number of nitrogens with zero attached hydrogens (tertiary/aromatic N) is 4. The summed E-state index contributed by atoms with van der Waals surface area (Å²) in [7, 11) is 2.96. The highest BCUT2D eigenvalue weighted by molar-refractivity contribution is 7.17. The van der Waals surface area contributed by atoms with Gasteiger partial charge in [0.2, 0.25) is 0 Å². The van der Waals surface area contributed by atoms with E-state index in [2.05, 4.69) is 25.4 Å². The van der Waals surface area contributed by atoms with Crippen molar-refractivity contribution in [1.82, 2.24) is 20.3 Å². The first-order valence-corrected chi connectivity index (χ1v) is 11.1. The van der Waals surface area contributed by atoms with Crippen molar-refractivity contribution in [3.8, 4) is 0 Å². The standard InChI is InChI=1S/C19H25ClN6O5S/c1-5-10-15(20)24-16(21-10)17(27)22-11-6-7-26(8-12(11)30-3)19-23-13(18(28)29)14(32-19)9(2)25-31-4/h11-12H,5-8H2,1-4H3,(H,21,24)(H,22,27)(H,28,29)/b25-9-/t11-,12+/m0/s1. The molecule has 3 N–H and O–H groups in total. The van der Waals surface area contributed by atoms with E-state index in [0.717, 1.165) is 0 Å². The Labute approximate surface area is 193 Å². The number of hydrogen-bond acceptors (Lipinski definition) is 9. The van der Waals surface area contributed by atoms with Crippen LogP contribution >= 0.6 is 22.9 Å². The monoisotopic (exact) mass is 484 g/mol. The normalized spacial score (nSPS) is 19.2. The van der Waals surface area contributed by atoms with Gasteiger partial charge in [0.05, 0.1) is 28.4 Å². The number of thiazole rings is 1. The zero-order chi connectivity index (χ0) is 23.4. The lowest BCUT2D eigenvalue weighted by Crippen LogP contribution is -2.55. The number of oxime groups is 1. The topological polar surface area (TPSA) is 142 Å². The van der Waals surface area contributed by atoms with Gasteiger partial charge in [-0.3, -0.25) is 4.79 Å². The van der Waals surface area contributed by atoms with Crippen LogP contribution in [0.15, 0.2) is 5.16 Å². The smallest absolute Gasteiger partial charge is 0.356 e. The maximum atomic E-state index is 12.6. The Morgan fingerprint density at radius 1 is 1.41 bits per heavy atom. The predicted octanol–water partition coefficient (Wildman–Crippen LogP) is 2.17. The number of piperidine rings is 1. The van der Waals surface area contributed by atoms with Gasteiger partial charge in [-0.25, -0.2) is 14.8 Å². The summed E-state index contributed by atoms with van der Waals surface area (Å²) in [5, 5.41) is 17.1. The van der Waals surface area contributed by atoms with E-state index in [0.29, 0.717) is 47.3 Å². The molecule has 1 amide bonds. The maximum Gasteiger partial charge on any atom is 0.356 e. The summed E-state index contributed by atoms with van der Waals surface area (Å²) >= 11 is 7.26. The van der Waals surface area contributed by atoms with Crippen molar-refractivity contribution in [2.45, 2.75) is 38.8 Å². The molecule has 3 heterocycles. The Hall–Kier alpha value is -2.70. The molecule has 1 fully saturated rings. The fourth-order valence-electron chi connectivity index (χ4n) is 3.47. The molecular formula is C19H25ClN6O5S. The number of imidazole rings is 1. The fraction of sp³-hybridized carbons (Fsp3) is 0.526. The minimum atomic E-state index is -1.14. The van der Waals surface area contributed by atoms with Gasteiger partial charge < -0.3 is 29.9 Å². The predicted molar refractivity (Wildman–Crippen MR) is 120 cm³/mol. The van der Waals surface area contributed by atoms with Crippen LogP contribution in [0.1, 0.15) is 51.9 Å². The van der Waals surface area contributed by atoms with E-state index in [1.807, 2.05) is 11.8 Å². The number of H-pyrrole nitrogens is 1. The van der Waals surface area contributed by atoms with Crippen molar-refractivity contribution in [2.75, 3.05) is 32.2 Å². The number of aryl methyl sites for hydroxylation is 1. The number of aromatic nitrogens is 3. The number of carbonyl (C=O) groups excluding carboxylic acids is 1. The molecule has 2 aromatic rings. The second-order valence-corrected chi connectivity index (χ2v) is 8.47. The molecule has 0 bridgehead atoms. The maximum absolute atomic E-state index is 12.6. The Morgan fingerprint density at radius 2 is 2.16 bits per heavy atom. The van der Waals surface area contributed by atoms with E-state index >= 15 is 0 Å². The lowest BCUT2D eigenvalue weighted by molar-refractivity contribution is 0.0538. The van der Waals surface area contributed by atoms with Gasteiger partial charge in [0.25, 0.3) is 5.91 Å². The van der Waals surface area contributed by atoms with Crippen LogP contribution in [-0.4, -0.2) is 77.1 Å². The summed E-state index contributed by atoms with van der Waals surface area (Å²) < 4.78 is 5.62. The van der Waals surface area contributed by atoms with Crippen LogP contribution in [0.4, 0.5) is 5.13 Å². The highest BCUT2D eigenvalue weighted by Gasteiger charge is 2.33. The number of aromatic amines is 1. The van der Waals surface area contributed by atoms with E-state index in [1.54, 1.807) is 14.0 Å². The fourth-order valence-corrected chi connectivity index (χ4v) is 4.77. The first kappa shape index (κ1) is 24.0. The molecule has 0 aliphatic carbocycles. The van der Waals surface area contributed by atoms with Crippen molar-refractivity contribution >= 4 is 45.7 Å². The van der Waals surface area contributed by atoms with Crippen molar-refractivity contribution in [2.24, 2.45) is 5.16 Å². The number of carboxylic acid groups (broad SMARTS) is 1. The van der Waals surface area contributed by atoms with Gasteiger partial charge in [0, 0.05) is 20.2 Å². The number of carbonyl (C=O) groups is 2. The largest absolute Gasteiger partial charge is 0.476 e. The summed E-state index contributed by atoms with van der Waals surface area (Å²) in [4.78, 5) is 42.7. The third-order valence-electron chi connectivity index (χ3n) is 5.12. The molecule has 2 aromatic heterocycles. The minimum absolute atomic E-state index is 0.0749. The lowest BCUT2D eigenvalue weighted by Gasteiger charge is -2.37. The van der Waals surface area contributed by atoms with Gasteiger partial charge >= 0.3 is 5.97 Å². The van der Waals surface area contributed by atoms with Gasteiger partial charge in [0.1, 0.15) is 7.11 Å². The highest BCUT2D eigenvalue weighted by Crippen LogP contribution is 2.30. The van der Waals surface area contributed by atoms with Crippen LogP contribution in [0.25, 0.3) is 0 Å². The van der Waals surface area contributed by atoms with Gasteiger partial charge in [0.15, 0.2) is 21.8 Å². The third-order valence-corrected chi connectivity index (χ3v) is 6.66. The number of methoxy groups -OCH3 is 1. The minimum Gasteiger partial charge on any atom is -0.476 e. The summed E-state index contributed by atoms with van der Waals surface area (Å²) in [6.07, 6.45) is 0.876. The van der Waals surface area contributed by atoms with Gasteiger partial charge in [-0.05, 0) is 19.8 Å². The van der Waals surface area contributed by atoms with Gasteiger partial charge in [-0.15, -0.1) is 0 Å². The molecule has 1 aliphatic rings. The number of anilines is 1. The second kappa shape index (κ2) is 10.3. The van der Waals surface area contributed by atoms with Crippen molar-refractivity contribution in [3.63, 3.8) is 0 Å². The number of hydrogen-bond donors (Lipinski definition) is 3. The number of nitrogens with one attached hydrogen (secondary N) is 2. The number of carboxylic acids is 1. The average molecular weight is 485 g/mol. The van der Waals surface area contributed by atoms with E-state index < -0.39 is 5.97 Å². The second-order valence-electron chi connectivity index (χ2n) is 7.14. The van der Waals surface area contributed by atoms with E-state index in [4.69, 9.17) is 21.2 Å². The molecular weight excluding hydrogens is 460 g/mol. The molecule has 0 saturated carbocycles. The lowest BCUT2D eigenvalue weighted by atomic mass is 10.0. The van der Waals surface area contributed by atoms with Gasteiger partial charge in [-0.1, -0.05) is 35.0 Å². The SMILES string of the molecule is CCc1[nH]c(C(=O)N[C@H]2CCN(c3nc(C(=O)O)c(/C(C)=N\OC)s3)C[C@H]2OC)nc1Cl. The van der Waals surface area contributed by atoms with Crippen LogP contribution in [0.2, 0.25) is 5.15 Å². The van der Waals surface area contributed by atoms with Gasteiger partial charge in [-0.2, -0.15) is 0 Å². The summed E-state index contributed by atoms with van der Waals surface area (Å²) in [6, 6.07) is -0.257. The van der Waals surface area contributed by atoms with E-state index in [9.17, 15) is 14.7 Å². The van der Waals surface area contributed by atoms with E-state index in [-0.39, 0.29) is 34.7 Å². The molecule has 1 saturated heterocycles. The van der Waals surface area contributed by atoms with Crippen molar-refractivity contribution < 1.29 is 24.3 Å². The van der Waals surface area contributed by atoms with Crippen molar-refractivity contribution in [3.05, 3.63) is 27.2 Å². The molecule has 0 radical (unpaired) electrons. The Kier molecular flexibility index (Phi) is 7.69. The van der Waals surface area contributed by atoms with Crippen LogP contribution in [-0.2, 0) is 16.0 Å². The molecule has 0 aromatic carbocycles. The van der Waals surface area contributed by atoms with Crippen LogP contribution in [0.5, 0.6) is 0 Å².